The second-order valence-electron chi connectivity index (χ2n) is 4.96. The summed E-state index contributed by atoms with van der Waals surface area (Å²) in [4.78, 5) is 12.0. The Labute approximate surface area is 147 Å². The van der Waals surface area contributed by atoms with Crippen LogP contribution in [-0.2, 0) is 21.4 Å². The molecule has 0 aliphatic heterocycles. The largest absolute Gasteiger partial charge is 0.497 e. The van der Waals surface area contributed by atoms with Crippen molar-refractivity contribution >= 4 is 49.8 Å². The highest BCUT2D eigenvalue weighted by Gasteiger charge is 2.22. The van der Waals surface area contributed by atoms with Gasteiger partial charge in [0.25, 0.3) is 15.9 Å². The molecule has 24 heavy (non-hydrogen) atoms. The Morgan fingerprint density at radius 2 is 2.12 bits per heavy atom. The molecule has 1 aromatic carbocycles. The number of rotatable bonds is 5. The second kappa shape index (κ2) is 6.46. The summed E-state index contributed by atoms with van der Waals surface area (Å²) >= 11 is 6.92. The number of hydrogen-bond acceptors (Lipinski definition) is 5. The number of carbonyl (C=O) groups is 1. The lowest BCUT2D eigenvalue weighted by molar-refractivity contribution is -0.119. The first-order chi connectivity index (χ1) is 11.4. The Morgan fingerprint density at radius 1 is 1.33 bits per heavy atom. The van der Waals surface area contributed by atoms with Gasteiger partial charge in [0.2, 0.25) is 0 Å². The number of halogens is 1. The summed E-state index contributed by atoms with van der Waals surface area (Å²) < 4.78 is 33.3. The minimum absolute atomic E-state index is 0.0929. The Morgan fingerprint density at radius 3 is 2.79 bits per heavy atom. The third-order valence-corrected chi connectivity index (χ3v) is 6.24. The van der Waals surface area contributed by atoms with Crippen molar-refractivity contribution in [3.63, 3.8) is 0 Å². The monoisotopic (exact) mass is 384 g/mol. The fourth-order valence-electron chi connectivity index (χ4n) is 2.31. The summed E-state index contributed by atoms with van der Waals surface area (Å²) in [5.41, 5.74) is 0.803. The lowest BCUT2D eigenvalue weighted by Crippen LogP contribution is -2.33. The number of amides is 1. The first kappa shape index (κ1) is 16.8. The number of carbonyl (C=O) groups excluding carboxylic acids is 1. The number of ether oxygens (including phenoxy) is 1. The highest BCUT2D eigenvalue weighted by molar-refractivity contribution is 7.90. The van der Waals surface area contributed by atoms with Crippen molar-refractivity contribution in [3.05, 3.63) is 46.2 Å². The molecular formula is C15H13ClN2O4S2. The fraction of sp³-hybridized carbons (Fsp3) is 0.133. The molecule has 0 saturated heterocycles. The van der Waals surface area contributed by atoms with E-state index in [-0.39, 0.29) is 15.8 Å². The molecule has 3 rings (SSSR count). The van der Waals surface area contributed by atoms with E-state index >= 15 is 0 Å². The maximum absolute atomic E-state index is 12.2. The van der Waals surface area contributed by atoms with E-state index in [2.05, 4.69) is 0 Å². The van der Waals surface area contributed by atoms with Crippen LogP contribution in [0.15, 0.2) is 46.8 Å². The third kappa shape index (κ3) is 3.26. The zero-order valence-electron chi connectivity index (χ0n) is 12.5. The average molecular weight is 385 g/mol. The summed E-state index contributed by atoms with van der Waals surface area (Å²) in [6.07, 6.45) is 1.72. The zero-order chi connectivity index (χ0) is 17.3. The zero-order valence-corrected chi connectivity index (χ0v) is 14.9. The minimum atomic E-state index is -3.97. The number of benzene rings is 1. The minimum Gasteiger partial charge on any atom is -0.497 e. The highest BCUT2D eigenvalue weighted by atomic mass is 35.5. The van der Waals surface area contributed by atoms with Crippen LogP contribution in [0.5, 0.6) is 5.75 Å². The number of thiophene rings is 1. The molecule has 9 heteroatoms. The van der Waals surface area contributed by atoms with Crippen LogP contribution in [0.1, 0.15) is 0 Å². The van der Waals surface area contributed by atoms with Crippen molar-refractivity contribution in [2.24, 2.45) is 0 Å². The van der Waals surface area contributed by atoms with Crippen molar-refractivity contribution < 1.29 is 17.9 Å². The van der Waals surface area contributed by atoms with Crippen LogP contribution in [-0.4, -0.2) is 26.0 Å². The van der Waals surface area contributed by atoms with Crippen molar-refractivity contribution in [1.29, 1.82) is 0 Å². The van der Waals surface area contributed by atoms with Crippen LogP contribution in [0, 0.1) is 0 Å². The van der Waals surface area contributed by atoms with Gasteiger partial charge in [0, 0.05) is 17.1 Å². The standard InChI is InChI=1S/C15H13ClN2O4S2/c1-22-11-2-3-12-10(8-11)4-6-18(12)9-14(19)17-24(20,21)13-5-7-23-15(13)16/h2-8H,9H2,1H3,(H,17,19). The molecule has 2 heterocycles. The van der Waals surface area contributed by atoms with Gasteiger partial charge in [0.15, 0.2) is 0 Å². The lowest BCUT2D eigenvalue weighted by Gasteiger charge is -2.08. The highest BCUT2D eigenvalue weighted by Crippen LogP contribution is 2.27. The van der Waals surface area contributed by atoms with Crippen molar-refractivity contribution in [2.75, 3.05) is 7.11 Å². The molecule has 6 nitrogen and oxygen atoms in total. The van der Waals surface area contributed by atoms with Gasteiger partial charge in [-0.15, -0.1) is 11.3 Å². The molecule has 126 valence electrons. The molecule has 1 N–H and O–H groups in total. The van der Waals surface area contributed by atoms with E-state index in [0.29, 0.717) is 5.75 Å². The van der Waals surface area contributed by atoms with Gasteiger partial charge in [-0.25, -0.2) is 13.1 Å². The van der Waals surface area contributed by atoms with Gasteiger partial charge in [-0.3, -0.25) is 4.79 Å². The normalized spacial score (nSPS) is 11.6. The fourth-order valence-corrected chi connectivity index (χ4v) is 4.83. The van der Waals surface area contributed by atoms with Gasteiger partial charge in [-0.05, 0) is 35.7 Å². The summed E-state index contributed by atoms with van der Waals surface area (Å²) in [7, 11) is -2.39. The van der Waals surface area contributed by atoms with E-state index in [9.17, 15) is 13.2 Å². The number of sulfonamides is 1. The number of hydrogen-bond donors (Lipinski definition) is 1. The lowest BCUT2D eigenvalue weighted by atomic mass is 10.2. The van der Waals surface area contributed by atoms with Crippen molar-refractivity contribution in [1.82, 2.24) is 9.29 Å². The predicted octanol–water partition coefficient (Wildman–Crippen LogP) is 2.87. The number of nitrogens with one attached hydrogen (secondary N) is 1. The summed E-state index contributed by atoms with van der Waals surface area (Å²) in [5, 5.41) is 2.44. The van der Waals surface area contributed by atoms with Crippen LogP contribution >= 0.6 is 22.9 Å². The second-order valence-corrected chi connectivity index (χ2v) is 8.12. The Kier molecular flexibility index (Phi) is 4.53. The van der Waals surface area contributed by atoms with E-state index in [1.165, 1.54) is 6.07 Å². The van der Waals surface area contributed by atoms with Crippen LogP contribution in [0.4, 0.5) is 0 Å². The number of methoxy groups -OCH3 is 1. The topological polar surface area (TPSA) is 77.4 Å². The van der Waals surface area contributed by atoms with E-state index in [1.54, 1.807) is 29.3 Å². The Bertz CT molecular complexity index is 1010. The SMILES string of the molecule is COc1ccc2c(ccn2CC(=O)NS(=O)(=O)c2ccsc2Cl)c1. The average Bonchev–Trinajstić information content (AvgIpc) is 3.13. The molecule has 2 aromatic heterocycles. The smallest absolute Gasteiger partial charge is 0.266 e. The van der Waals surface area contributed by atoms with Crippen LogP contribution < -0.4 is 9.46 Å². The molecule has 0 spiro atoms. The molecule has 0 aliphatic carbocycles. The summed E-state index contributed by atoms with van der Waals surface area (Å²) in [5.74, 6) is 0.0602. The molecule has 0 fully saturated rings. The van der Waals surface area contributed by atoms with E-state index < -0.39 is 15.9 Å². The molecule has 0 aliphatic rings. The molecule has 0 atom stereocenters. The van der Waals surface area contributed by atoms with Crippen molar-refractivity contribution in [2.45, 2.75) is 11.4 Å². The molecular weight excluding hydrogens is 372 g/mol. The third-order valence-electron chi connectivity index (χ3n) is 3.41. The maximum atomic E-state index is 12.2. The van der Waals surface area contributed by atoms with Gasteiger partial charge in [-0.1, -0.05) is 11.6 Å². The van der Waals surface area contributed by atoms with Gasteiger partial charge < -0.3 is 9.30 Å². The molecule has 0 radical (unpaired) electrons. The number of fused-ring (bicyclic) bond motifs is 1. The van der Waals surface area contributed by atoms with E-state index in [1.807, 2.05) is 22.9 Å². The predicted molar refractivity (Wildman–Crippen MR) is 93.1 cm³/mol. The molecule has 3 aromatic rings. The molecule has 0 unspecified atom stereocenters. The number of nitrogens with zero attached hydrogens (tertiary/aromatic N) is 1. The van der Waals surface area contributed by atoms with Gasteiger partial charge in [-0.2, -0.15) is 0 Å². The van der Waals surface area contributed by atoms with Crippen LogP contribution in [0.3, 0.4) is 0 Å². The molecule has 0 bridgehead atoms. The van der Waals surface area contributed by atoms with Gasteiger partial charge in [0.05, 0.1) is 7.11 Å². The number of aromatic nitrogens is 1. The van der Waals surface area contributed by atoms with Gasteiger partial charge in [0.1, 0.15) is 21.5 Å². The Hall–Kier alpha value is -2.03. The first-order valence-corrected chi connectivity index (χ1v) is 9.56. The van der Waals surface area contributed by atoms with Crippen LogP contribution in [0.25, 0.3) is 10.9 Å². The Balaban J connectivity index is 1.79. The maximum Gasteiger partial charge on any atom is 0.266 e. The summed E-state index contributed by atoms with van der Waals surface area (Å²) in [6, 6.07) is 8.62. The van der Waals surface area contributed by atoms with E-state index in [4.69, 9.17) is 16.3 Å². The van der Waals surface area contributed by atoms with Crippen molar-refractivity contribution in [3.8, 4) is 5.75 Å². The molecule has 0 saturated carbocycles. The first-order valence-electron chi connectivity index (χ1n) is 6.82. The summed E-state index contributed by atoms with van der Waals surface area (Å²) in [6.45, 7) is -0.128. The molecule has 1 amide bonds. The quantitative estimate of drug-likeness (QED) is 0.733. The van der Waals surface area contributed by atoms with Gasteiger partial charge >= 0.3 is 0 Å². The van der Waals surface area contributed by atoms with E-state index in [0.717, 1.165) is 22.2 Å². The van der Waals surface area contributed by atoms with Crippen LogP contribution in [0.2, 0.25) is 4.34 Å².